The zero-order valence-corrected chi connectivity index (χ0v) is 14.7. The molecule has 1 aromatic heterocycles. The van der Waals surface area contributed by atoms with Crippen LogP contribution < -0.4 is 10.2 Å². The second kappa shape index (κ2) is 7.44. The number of likely N-dealkylation sites (N-methyl/N-ethyl adjacent to an activating group) is 1. The minimum absolute atomic E-state index is 0.0399. The molecule has 0 aliphatic carbocycles. The Morgan fingerprint density at radius 2 is 1.81 bits per heavy atom. The Morgan fingerprint density at radius 1 is 1.15 bits per heavy atom. The Kier molecular flexibility index (Phi) is 5.08. The molecule has 9 heteroatoms. The van der Waals surface area contributed by atoms with Gasteiger partial charge >= 0.3 is 5.69 Å². The van der Waals surface area contributed by atoms with E-state index in [-0.39, 0.29) is 17.3 Å². The number of benzene rings is 1. The van der Waals surface area contributed by atoms with Gasteiger partial charge in [-0.3, -0.25) is 14.9 Å². The first-order valence-corrected chi connectivity index (χ1v) is 8.26. The maximum Gasteiger partial charge on any atom is 0.353 e. The maximum atomic E-state index is 11.7. The van der Waals surface area contributed by atoms with Crippen molar-refractivity contribution in [1.29, 1.82) is 0 Å². The van der Waals surface area contributed by atoms with Crippen molar-refractivity contribution in [3.8, 4) is 0 Å². The summed E-state index contributed by atoms with van der Waals surface area (Å²) in [6.07, 6.45) is 1.33. The molecule has 2 aromatic rings. The molecule has 1 aliphatic rings. The lowest BCUT2D eigenvalue weighted by Gasteiger charge is -2.32. The molecule has 0 spiro atoms. The molecule has 1 aliphatic heterocycles. The van der Waals surface area contributed by atoms with Crippen LogP contribution in [0.1, 0.15) is 17.3 Å². The predicted octanol–water partition coefficient (Wildman–Crippen LogP) is 2.08. The standard InChI is InChI=1S/C17H20N6O3/c1-12(24)13-3-5-14(6-4-13)20-16-15(23(25)26)17(19-11-18-16)22-9-7-21(2)8-10-22/h3-6,11H,7-10H2,1-2H3,(H,18,19,20). The number of aromatic nitrogens is 2. The summed E-state index contributed by atoms with van der Waals surface area (Å²) in [5.41, 5.74) is 1.04. The predicted molar refractivity (Wildman–Crippen MR) is 98.1 cm³/mol. The van der Waals surface area contributed by atoms with E-state index < -0.39 is 4.92 Å². The van der Waals surface area contributed by atoms with Crippen molar-refractivity contribution in [2.75, 3.05) is 43.4 Å². The molecule has 3 rings (SSSR count). The lowest BCUT2D eigenvalue weighted by Crippen LogP contribution is -2.45. The lowest BCUT2D eigenvalue weighted by atomic mass is 10.1. The third-order valence-corrected chi connectivity index (χ3v) is 4.34. The summed E-state index contributed by atoms with van der Waals surface area (Å²) in [6.45, 7) is 4.45. The summed E-state index contributed by atoms with van der Waals surface area (Å²) in [6, 6.07) is 6.72. The Bertz CT molecular complexity index is 816. The van der Waals surface area contributed by atoms with Crippen LogP contribution in [0.5, 0.6) is 0 Å². The first-order valence-electron chi connectivity index (χ1n) is 8.26. The van der Waals surface area contributed by atoms with Gasteiger partial charge in [0.05, 0.1) is 4.92 Å². The molecule has 0 atom stereocenters. The summed E-state index contributed by atoms with van der Waals surface area (Å²) in [4.78, 5) is 34.9. The summed E-state index contributed by atoms with van der Waals surface area (Å²) in [5.74, 6) is 0.414. The molecule has 0 bridgehead atoms. The first kappa shape index (κ1) is 17.7. The molecule has 2 heterocycles. The number of ketones is 1. The first-order chi connectivity index (χ1) is 12.5. The smallest absolute Gasteiger partial charge is 0.348 e. The van der Waals surface area contributed by atoms with Crippen LogP contribution in [-0.4, -0.2) is 58.8 Å². The highest BCUT2D eigenvalue weighted by molar-refractivity contribution is 5.94. The highest BCUT2D eigenvalue weighted by Gasteiger charge is 2.28. The number of hydrogen-bond donors (Lipinski definition) is 1. The van der Waals surface area contributed by atoms with Gasteiger partial charge in [-0.15, -0.1) is 0 Å². The molecule has 0 saturated carbocycles. The molecule has 0 amide bonds. The van der Waals surface area contributed by atoms with Gasteiger partial charge in [-0.05, 0) is 38.2 Å². The maximum absolute atomic E-state index is 11.7. The SMILES string of the molecule is CC(=O)c1ccc(Nc2ncnc(N3CCN(C)CC3)c2[N+](=O)[O-])cc1. The van der Waals surface area contributed by atoms with Crippen molar-refractivity contribution in [3.05, 3.63) is 46.3 Å². The molecule has 1 aromatic carbocycles. The Hall–Kier alpha value is -3.07. The largest absolute Gasteiger partial charge is 0.353 e. The van der Waals surface area contributed by atoms with Gasteiger partial charge in [0.25, 0.3) is 0 Å². The number of nitrogens with zero attached hydrogens (tertiary/aromatic N) is 5. The van der Waals surface area contributed by atoms with E-state index in [9.17, 15) is 14.9 Å². The molecular formula is C17H20N6O3. The Morgan fingerprint density at radius 3 is 2.38 bits per heavy atom. The van der Waals surface area contributed by atoms with E-state index in [1.54, 1.807) is 24.3 Å². The number of carbonyl (C=O) groups is 1. The average Bonchev–Trinajstić information content (AvgIpc) is 2.62. The zero-order chi connectivity index (χ0) is 18.7. The van der Waals surface area contributed by atoms with Gasteiger partial charge in [0.1, 0.15) is 6.33 Å². The van der Waals surface area contributed by atoms with Gasteiger partial charge in [-0.25, -0.2) is 9.97 Å². The average molecular weight is 356 g/mol. The topological polar surface area (TPSA) is 104 Å². The number of rotatable bonds is 5. The van der Waals surface area contributed by atoms with Gasteiger partial charge < -0.3 is 15.1 Å². The van der Waals surface area contributed by atoms with Gasteiger partial charge in [0.15, 0.2) is 5.78 Å². The van der Waals surface area contributed by atoms with Gasteiger partial charge in [0.2, 0.25) is 11.6 Å². The fourth-order valence-corrected chi connectivity index (χ4v) is 2.80. The molecule has 26 heavy (non-hydrogen) atoms. The van der Waals surface area contributed by atoms with Crippen LogP contribution >= 0.6 is 0 Å². The molecular weight excluding hydrogens is 336 g/mol. The second-order valence-corrected chi connectivity index (χ2v) is 6.20. The van der Waals surface area contributed by atoms with Gasteiger partial charge in [0, 0.05) is 37.4 Å². The van der Waals surface area contributed by atoms with E-state index in [4.69, 9.17) is 0 Å². The third-order valence-electron chi connectivity index (χ3n) is 4.34. The number of piperazine rings is 1. The number of carbonyl (C=O) groups excluding carboxylic acids is 1. The number of anilines is 3. The second-order valence-electron chi connectivity index (χ2n) is 6.20. The number of nitrogens with one attached hydrogen (secondary N) is 1. The number of nitro groups is 1. The van der Waals surface area contributed by atoms with E-state index in [2.05, 4.69) is 20.2 Å². The minimum atomic E-state index is -0.458. The number of hydrogen-bond acceptors (Lipinski definition) is 8. The molecule has 1 N–H and O–H groups in total. The van der Waals surface area contributed by atoms with E-state index in [0.29, 0.717) is 30.2 Å². The summed E-state index contributed by atoms with van der Waals surface area (Å²) in [7, 11) is 2.02. The lowest BCUT2D eigenvalue weighted by molar-refractivity contribution is -0.383. The van der Waals surface area contributed by atoms with Crippen LogP contribution in [-0.2, 0) is 0 Å². The van der Waals surface area contributed by atoms with Crippen molar-refractivity contribution >= 4 is 28.8 Å². The van der Waals surface area contributed by atoms with Gasteiger partial charge in [-0.1, -0.05) is 0 Å². The van der Waals surface area contributed by atoms with Crippen LogP contribution in [0.2, 0.25) is 0 Å². The van der Waals surface area contributed by atoms with Crippen LogP contribution in [0.25, 0.3) is 0 Å². The van der Waals surface area contributed by atoms with Crippen molar-refractivity contribution in [2.24, 2.45) is 0 Å². The van der Waals surface area contributed by atoms with Crippen molar-refractivity contribution in [2.45, 2.75) is 6.92 Å². The molecule has 0 unspecified atom stereocenters. The highest BCUT2D eigenvalue weighted by Crippen LogP contribution is 2.33. The summed E-state index contributed by atoms with van der Waals surface area (Å²) >= 11 is 0. The zero-order valence-electron chi connectivity index (χ0n) is 14.7. The highest BCUT2D eigenvalue weighted by atomic mass is 16.6. The molecule has 0 radical (unpaired) electrons. The third kappa shape index (κ3) is 3.77. The van der Waals surface area contributed by atoms with Crippen molar-refractivity contribution in [3.63, 3.8) is 0 Å². The fourth-order valence-electron chi connectivity index (χ4n) is 2.80. The fraction of sp³-hybridized carbons (Fsp3) is 0.353. The van der Waals surface area contributed by atoms with Crippen molar-refractivity contribution in [1.82, 2.24) is 14.9 Å². The molecule has 1 saturated heterocycles. The molecule has 136 valence electrons. The Labute approximate surface area is 150 Å². The van der Waals surface area contributed by atoms with Crippen LogP contribution in [0.3, 0.4) is 0 Å². The van der Waals surface area contributed by atoms with Crippen LogP contribution in [0.4, 0.5) is 23.0 Å². The molecule has 1 fully saturated rings. The van der Waals surface area contributed by atoms with E-state index >= 15 is 0 Å². The monoisotopic (exact) mass is 356 g/mol. The van der Waals surface area contributed by atoms with Crippen LogP contribution in [0, 0.1) is 10.1 Å². The summed E-state index contributed by atoms with van der Waals surface area (Å²) < 4.78 is 0. The van der Waals surface area contributed by atoms with E-state index in [1.807, 2.05) is 11.9 Å². The quantitative estimate of drug-likeness (QED) is 0.493. The molecule has 9 nitrogen and oxygen atoms in total. The normalized spacial score (nSPS) is 14.9. The van der Waals surface area contributed by atoms with Gasteiger partial charge in [-0.2, -0.15) is 0 Å². The Balaban J connectivity index is 1.90. The van der Waals surface area contributed by atoms with Crippen molar-refractivity contribution < 1.29 is 9.72 Å². The van der Waals surface area contributed by atoms with E-state index in [0.717, 1.165) is 13.1 Å². The van der Waals surface area contributed by atoms with E-state index in [1.165, 1.54) is 13.3 Å². The number of Topliss-reactive ketones (excluding diaryl/α,β-unsaturated/α-hetero) is 1. The summed E-state index contributed by atoms with van der Waals surface area (Å²) in [5, 5.41) is 14.7. The minimum Gasteiger partial charge on any atom is -0.348 e. The van der Waals surface area contributed by atoms with Crippen LogP contribution in [0.15, 0.2) is 30.6 Å².